The third-order valence-electron chi connectivity index (χ3n) is 3.11. The average Bonchev–Trinajstić information content (AvgIpc) is 3.13. The van der Waals surface area contributed by atoms with Gasteiger partial charge >= 0.3 is 0 Å². The Morgan fingerprint density at radius 2 is 2.00 bits per heavy atom. The number of benzene rings is 1. The second-order valence-electron chi connectivity index (χ2n) is 4.67. The summed E-state index contributed by atoms with van der Waals surface area (Å²) in [7, 11) is 0. The molecule has 0 N–H and O–H groups in total. The van der Waals surface area contributed by atoms with Crippen molar-refractivity contribution in [2.24, 2.45) is 0 Å². The summed E-state index contributed by atoms with van der Waals surface area (Å²) in [6, 6.07) is 8.73. The SMILES string of the molecule is Cc1ccc(CC(=O)N(CCBr)C2CC2)cc1. The van der Waals surface area contributed by atoms with Gasteiger partial charge < -0.3 is 4.90 Å². The summed E-state index contributed by atoms with van der Waals surface area (Å²) < 4.78 is 0. The van der Waals surface area contributed by atoms with Gasteiger partial charge in [-0.05, 0) is 25.3 Å². The normalized spacial score (nSPS) is 14.7. The highest BCUT2D eigenvalue weighted by atomic mass is 79.9. The molecule has 3 heteroatoms. The zero-order valence-electron chi connectivity index (χ0n) is 10.2. The molecule has 2 rings (SSSR count). The molecular weight excluding hydrogens is 278 g/mol. The van der Waals surface area contributed by atoms with Crippen LogP contribution < -0.4 is 0 Å². The van der Waals surface area contributed by atoms with Crippen molar-refractivity contribution in [3.05, 3.63) is 35.4 Å². The third kappa shape index (κ3) is 3.56. The second kappa shape index (κ2) is 5.67. The van der Waals surface area contributed by atoms with Gasteiger partial charge in [-0.3, -0.25) is 4.79 Å². The van der Waals surface area contributed by atoms with E-state index in [4.69, 9.17) is 0 Å². The Bertz CT molecular complexity index is 384. The number of rotatable bonds is 5. The Balaban J connectivity index is 1.96. The second-order valence-corrected chi connectivity index (χ2v) is 5.46. The van der Waals surface area contributed by atoms with Crippen LogP contribution >= 0.6 is 15.9 Å². The number of halogens is 1. The van der Waals surface area contributed by atoms with E-state index in [9.17, 15) is 4.79 Å². The lowest BCUT2D eigenvalue weighted by atomic mass is 10.1. The van der Waals surface area contributed by atoms with Crippen LogP contribution in [0.15, 0.2) is 24.3 Å². The monoisotopic (exact) mass is 295 g/mol. The number of alkyl halides is 1. The van der Waals surface area contributed by atoms with Crippen molar-refractivity contribution in [1.82, 2.24) is 4.90 Å². The first-order valence-corrected chi connectivity index (χ1v) is 7.24. The Hall–Kier alpha value is -0.830. The predicted molar refractivity (Wildman–Crippen MR) is 73.4 cm³/mol. The van der Waals surface area contributed by atoms with E-state index in [1.165, 1.54) is 18.4 Å². The van der Waals surface area contributed by atoms with E-state index in [0.29, 0.717) is 12.5 Å². The van der Waals surface area contributed by atoms with Crippen molar-refractivity contribution >= 4 is 21.8 Å². The summed E-state index contributed by atoms with van der Waals surface area (Å²) in [6.45, 7) is 2.89. The molecule has 1 aliphatic carbocycles. The van der Waals surface area contributed by atoms with Gasteiger partial charge in [0.1, 0.15) is 0 Å². The van der Waals surface area contributed by atoms with Crippen molar-refractivity contribution in [3.8, 4) is 0 Å². The number of carbonyl (C=O) groups excluding carboxylic acids is 1. The fraction of sp³-hybridized carbons (Fsp3) is 0.500. The van der Waals surface area contributed by atoms with Crippen molar-refractivity contribution in [2.75, 3.05) is 11.9 Å². The maximum Gasteiger partial charge on any atom is 0.227 e. The fourth-order valence-electron chi connectivity index (χ4n) is 1.97. The number of aryl methyl sites for hydroxylation is 1. The summed E-state index contributed by atoms with van der Waals surface area (Å²) in [5, 5.41) is 0.864. The van der Waals surface area contributed by atoms with E-state index in [1.54, 1.807) is 0 Å². The van der Waals surface area contributed by atoms with Crippen LogP contribution in [0.1, 0.15) is 24.0 Å². The van der Waals surface area contributed by atoms with E-state index in [2.05, 4.69) is 35.0 Å². The maximum atomic E-state index is 12.2. The van der Waals surface area contributed by atoms with Gasteiger partial charge in [0.25, 0.3) is 0 Å². The molecule has 0 spiro atoms. The summed E-state index contributed by atoms with van der Waals surface area (Å²) in [6.07, 6.45) is 2.88. The number of hydrogen-bond donors (Lipinski definition) is 0. The summed E-state index contributed by atoms with van der Waals surface area (Å²) >= 11 is 3.42. The van der Waals surface area contributed by atoms with E-state index in [1.807, 2.05) is 17.0 Å². The van der Waals surface area contributed by atoms with Crippen LogP contribution in [-0.2, 0) is 11.2 Å². The van der Waals surface area contributed by atoms with E-state index < -0.39 is 0 Å². The van der Waals surface area contributed by atoms with E-state index >= 15 is 0 Å². The molecule has 2 nitrogen and oxygen atoms in total. The average molecular weight is 296 g/mol. The minimum atomic E-state index is 0.260. The van der Waals surface area contributed by atoms with Gasteiger partial charge in [0, 0.05) is 17.9 Å². The number of nitrogens with zero attached hydrogens (tertiary/aromatic N) is 1. The molecule has 0 radical (unpaired) electrons. The molecule has 1 amide bonds. The highest BCUT2D eigenvalue weighted by molar-refractivity contribution is 9.09. The first-order valence-electron chi connectivity index (χ1n) is 6.11. The zero-order chi connectivity index (χ0) is 12.3. The molecule has 92 valence electrons. The highest BCUT2D eigenvalue weighted by Crippen LogP contribution is 2.27. The topological polar surface area (TPSA) is 20.3 Å². The van der Waals surface area contributed by atoms with Gasteiger partial charge in [-0.1, -0.05) is 45.8 Å². The Morgan fingerprint density at radius 3 is 2.53 bits per heavy atom. The lowest BCUT2D eigenvalue weighted by molar-refractivity contribution is -0.130. The standard InChI is InChI=1S/C14H18BrNO/c1-11-2-4-12(5-3-11)10-14(17)16(9-8-15)13-6-7-13/h2-5,13H,6-10H2,1H3. The van der Waals surface area contributed by atoms with Crippen molar-refractivity contribution in [3.63, 3.8) is 0 Å². The predicted octanol–water partition coefficient (Wildman–Crippen LogP) is 2.92. The molecule has 1 aliphatic rings. The van der Waals surface area contributed by atoms with Gasteiger partial charge in [0.15, 0.2) is 0 Å². The third-order valence-corrected chi connectivity index (χ3v) is 3.46. The molecule has 0 heterocycles. The van der Waals surface area contributed by atoms with Gasteiger partial charge in [0.2, 0.25) is 5.91 Å². The molecule has 1 aromatic carbocycles. The van der Waals surface area contributed by atoms with E-state index in [0.717, 1.165) is 17.4 Å². The fourth-order valence-corrected chi connectivity index (χ4v) is 2.35. The minimum absolute atomic E-state index is 0.260. The minimum Gasteiger partial charge on any atom is -0.339 e. The summed E-state index contributed by atoms with van der Waals surface area (Å²) in [5.74, 6) is 0.260. The molecule has 0 atom stereocenters. The lowest BCUT2D eigenvalue weighted by Gasteiger charge is -2.21. The van der Waals surface area contributed by atoms with Crippen molar-refractivity contribution in [1.29, 1.82) is 0 Å². The Kier molecular flexibility index (Phi) is 4.21. The first-order chi connectivity index (χ1) is 8.20. The summed E-state index contributed by atoms with van der Waals surface area (Å²) in [5.41, 5.74) is 2.35. The highest BCUT2D eigenvalue weighted by Gasteiger charge is 2.31. The summed E-state index contributed by atoms with van der Waals surface area (Å²) in [4.78, 5) is 14.2. The number of carbonyl (C=O) groups is 1. The van der Waals surface area contributed by atoms with Gasteiger partial charge in [-0.25, -0.2) is 0 Å². The molecule has 1 saturated carbocycles. The molecule has 17 heavy (non-hydrogen) atoms. The van der Waals surface area contributed by atoms with Crippen LogP contribution in [0.2, 0.25) is 0 Å². The van der Waals surface area contributed by atoms with Crippen LogP contribution in [0, 0.1) is 6.92 Å². The first kappa shape index (κ1) is 12.6. The molecule has 0 unspecified atom stereocenters. The lowest BCUT2D eigenvalue weighted by Crippen LogP contribution is -2.35. The van der Waals surface area contributed by atoms with Gasteiger partial charge in [-0.2, -0.15) is 0 Å². The molecule has 1 aromatic rings. The van der Waals surface area contributed by atoms with Crippen LogP contribution in [-0.4, -0.2) is 28.7 Å². The largest absolute Gasteiger partial charge is 0.339 e. The smallest absolute Gasteiger partial charge is 0.227 e. The van der Waals surface area contributed by atoms with Crippen LogP contribution in [0.4, 0.5) is 0 Å². The van der Waals surface area contributed by atoms with E-state index in [-0.39, 0.29) is 5.91 Å². The molecule has 0 aliphatic heterocycles. The van der Waals surface area contributed by atoms with Crippen LogP contribution in [0.3, 0.4) is 0 Å². The molecule has 0 bridgehead atoms. The molecular formula is C14H18BrNO. The van der Waals surface area contributed by atoms with Crippen molar-refractivity contribution < 1.29 is 4.79 Å². The van der Waals surface area contributed by atoms with Gasteiger partial charge in [-0.15, -0.1) is 0 Å². The molecule has 1 fully saturated rings. The quantitative estimate of drug-likeness (QED) is 0.765. The number of amides is 1. The Morgan fingerprint density at radius 1 is 1.35 bits per heavy atom. The maximum absolute atomic E-state index is 12.2. The molecule has 0 aromatic heterocycles. The number of hydrogen-bond acceptors (Lipinski definition) is 1. The van der Waals surface area contributed by atoms with Crippen molar-refractivity contribution in [2.45, 2.75) is 32.2 Å². The zero-order valence-corrected chi connectivity index (χ0v) is 11.7. The van der Waals surface area contributed by atoms with Crippen LogP contribution in [0.5, 0.6) is 0 Å². The Labute approximate surface area is 111 Å². The van der Waals surface area contributed by atoms with Gasteiger partial charge in [0.05, 0.1) is 6.42 Å². The van der Waals surface area contributed by atoms with Crippen LogP contribution in [0.25, 0.3) is 0 Å². The molecule has 0 saturated heterocycles.